The molecule has 0 radical (unpaired) electrons. The number of nitrogens with two attached hydrogens (primary N) is 1. The fraction of sp³-hybridized carbons (Fsp3) is 1.00. The van der Waals surface area contributed by atoms with Gasteiger partial charge in [0, 0.05) is 12.6 Å². The normalized spacial score (nSPS) is 34.8. The smallest absolute Gasteiger partial charge is 0.0772 e. The molecule has 0 aromatic rings. The first-order valence-corrected chi connectivity index (χ1v) is 5.35. The third-order valence-corrected chi connectivity index (χ3v) is 2.84. The minimum absolute atomic E-state index is 0.312. The predicted molar refractivity (Wildman–Crippen MR) is 54.6 cm³/mol. The lowest BCUT2D eigenvalue weighted by molar-refractivity contribution is 0.000923. The van der Waals surface area contributed by atoms with E-state index in [4.69, 9.17) is 5.73 Å². The van der Waals surface area contributed by atoms with E-state index >= 15 is 0 Å². The topological polar surface area (TPSA) is 58.3 Å². The molecule has 1 aliphatic rings. The Kier molecular flexibility index (Phi) is 4.16. The first-order valence-electron chi connectivity index (χ1n) is 5.35. The molecule has 0 aromatic carbocycles. The summed E-state index contributed by atoms with van der Waals surface area (Å²) in [6.45, 7) is 3.86. The van der Waals surface area contributed by atoms with Crippen LogP contribution in [-0.4, -0.2) is 29.8 Å². The van der Waals surface area contributed by atoms with E-state index in [0.717, 1.165) is 45.2 Å². The summed E-state index contributed by atoms with van der Waals surface area (Å²) in [5, 5.41) is 13.4. The van der Waals surface area contributed by atoms with E-state index in [-0.39, 0.29) is 0 Å². The van der Waals surface area contributed by atoms with Crippen LogP contribution >= 0.6 is 0 Å². The third-order valence-electron chi connectivity index (χ3n) is 2.84. The number of nitrogens with one attached hydrogen (secondary N) is 1. The van der Waals surface area contributed by atoms with Crippen molar-refractivity contribution in [1.82, 2.24) is 5.32 Å². The zero-order valence-corrected chi connectivity index (χ0v) is 8.55. The molecule has 0 unspecified atom stereocenters. The molecule has 0 saturated heterocycles. The maximum atomic E-state index is 10.1. The van der Waals surface area contributed by atoms with Crippen LogP contribution in [0.5, 0.6) is 0 Å². The van der Waals surface area contributed by atoms with Gasteiger partial charge in [0.05, 0.1) is 5.60 Å². The van der Waals surface area contributed by atoms with Crippen molar-refractivity contribution in [2.24, 2.45) is 5.73 Å². The summed E-state index contributed by atoms with van der Waals surface area (Å²) in [5.74, 6) is 0. The van der Waals surface area contributed by atoms with Gasteiger partial charge in [0.25, 0.3) is 0 Å². The molecule has 0 spiro atoms. The van der Waals surface area contributed by atoms with E-state index in [9.17, 15) is 5.11 Å². The van der Waals surface area contributed by atoms with Crippen LogP contribution in [0.2, 0.25) is 0 Å². The summed E-state index contributed by atoms with van der Waals surface area (Å²) in [6, 6.07) is 0.312. The fourth-order valence-electron chi connectivity index (χ4n) is 1.85. The Hall–Kier alpha value is -0.120. The van der Waals surface area contributed by atoms with E-state index in [0.29, 0.717) is 6.04 Å². The molecule has 3 heteroatoms. The minimum Gasteiger partial charge on any atom is -0.389 e. The maximum Gasteiger partial charge on any atom is 0.0772 e. The zero-order chi connectivity index (χ0) is 9.73. The summed E-state index contributed by atoms with van der Waals surface area (Å²) in [4.78, 5) is 0. The van der Waals surface area contributed by atoms with Crippen molar-refractivity contribution in [3.8, 4) is 0 Å². The average molecular weight is 186 g/mol. The van der Waals surface area contributed by atoms with E-state index in [2.05, 4.69) is 12.2 Å². The molecule has 0 aliphatic heterocycles. The number of hydrogen-bond acceptors (Lipinski definition) is 3. The summed E-state index contributed by atoms with van der Waals surface area (Å²) in [7, 11) is 0. The van der Waals surface area contributed by atoms with E-state index in [1.54, 1.807) is 0 Å². The van der Waals surface area contributed by atoms with Crippen molar-refractivity contribution in [3.05, 3.63) is 0 Å². The summed E-state index contributed by atoms with van der Waals surface area (Å²) < 4.78 is 0. The first-order chi connectivity index (χ1) is 6.16. The molecule has 4 N–H and O–H groups in total. The zero-order valence-electron chi connectivity index (χ0n) is 8.55. The highest BCUT2D eigenvalue weighted by atomic mass is 16.3. The van der Waals surface area contributed by atoms with Crippen LogP contribution in [0.4, 0.5) is 0 Å². The van der Waals surface area contributed by atoms with E-state index in [1.807, 2.05) is 0 Å². The van der Waals surface area contributed by atoms with Crippen LogP contribution in [-0.2, 0) is 0 Å². The highest BCUT2D eigenvalue weighted by molar-refractivity contribution is 4.88. The Morgan fingerprint density at radius 1 is 1.46 bits per heavy atom. The van der Waals surface area contributed by atoms with Gasteiger partial charge in [-0.3, -0.25) is 0 Å². The molecular formula is C10H22N2O. The van der Waals surface area contributed by atoms with Crippen molar-refractivity contribution < 1.29 is 5.11 Å². The fourth-order valence-corrected chi connectivity index (χ4v) is 1.85. The van der Waals surface area contributed by atoms with Gasteiger partial charge in [-0.05, 0) is 38.6 Å². The second-order valence-corrected chi connectivity index (χ2v) is 4.24. The Bertz CT molecular complexity index is 142. The molecule has 1 fully saturated rings. The highest BCUT2D eigenvalue weighted by Gasteiger charge is 2.31. The number of aliphatic hydroxyl groups is 1. The van der Waals surface area contributed by atoms with Crippen LogP contribution < -0.4 is 11.1 Å². The third kappa shape index (κ3) is 3.63. The highest BCUT2D eigenvalue weighted by Crippen LogP contribution is 2.26. The molecule has 0 bridgehead atoms. The van der Waals surface area contributed by atoms with Crippen LogP contribution in [0.25, 0.3) is 0 Å². The summed E-state index contributed by atoms with van der Waals surface area (Å²) in [5.41, 5.74) is 5.30. The largest absolute Gasteiger partial charge is 0.389 e. The average Bonchev–Trinajstić information content (AvgIpc) is 2.12. The van der Waals surface area contributed by atoms with E-state index in [1.165, 1.54) is 0 Å². The van der Waals surface area contributed by atoms with Crippen LogP contribution in [0.3, 0.4) is 0 Å². The monoisotopic (exact) mass is 186 g/mol. The Morgan fingerprint density at radius 2 is 2.08 bits per heavy atom. The maximum absolute atomic E-state index is 10.1. The SMILES string of the molecule is CCCNCC1(O)CCC(N)CC1. The number of hydrogen-bond donors (Lipinski definition) is 3. The molecule has 1 rings (SSSR count). The van der Waals surface area contributed by atoms with Gasteiger partial charge in [0.15, 0.2) is 0 Å². The van der Waals surface area contributed by atoms with Gasteiger partial charge in [-0.2, -0.15) is 0 Å². The predicted octanol–water partition coefficient (Wildman–Crippen LogP) is 0.618. The molecule has 13 heavy (non-hydrogen) atoms. The van der Waals surface area contributed by atoms with Gasteiger partial charge in [0.2, 0.25) is 0 Å². The first kappa shape index (κ1) is 11.0. The molecule has 3 nitrogen and oxygen atoms in total. The van der Waals surface area contributed by atoms with Gasteiger partial charge >= 0.3 is 0 Å². The minimum atomic E-state index is -0.481. The Balaban J connectivity index is 2.22. The van der Waals surface area contributed by atoms with Crippen LogP contribution in [0.15, 0.2) is 0 Å². The molecule has 0 heterocycles. The van der Waals surface area contributed by atoms with Crippen molar-refractivity contribution in [1.29, 1.82) is 0 Å². The van der Waals surface area contributed by atoms with Gasteiger partial charge in [-0.15, -0.1) is 0 Å². The van der Waals surface area contributed by atoms with Crippen molar-refractivity contribution >= 4 is 0 Å². The van der Waals surface area contributed by atoms with Gasteiger partial charge in [-0.25, -0.2) is 0 Å². The van der Waals surface area contributed by atoms with Gasteiger partial charge < -0.3 is 16.2 Å². The summed E-state index contributed by atoms with van der Waals surface area (Å²) >= 11 is 0. The van der Waals surface area contributed by atoms with Gasteiger partial charge in [-0.1, -0.05) is 6.92 Å². The Morgan fingerprint density at radius 3 is 2.62 bits per heavy atom. The second kappa shape index (κ2) is 4.94. The van der Waals surface area contributed by atoms with Gasteiger partial charge in [0.1, 0.15) is 0 Å². The standard InChI is InChI=1S/C10H22N2O/c1-2-7-12-8-10(13)5-3-9(11)4-6-10/h9,12-13H,2-8,11H2,1H3. The van der Waals surface area contributed by atoms with Crippen molar-refractivity contribution in [2.45, 2.75) is 50.7 Å². The summed E-state index contributed by atoms with van der Waals surface area (Å²) in [6.07, 6.45) is 4.75. The Labute approximate surface area is 80.7 Å². The molecule has 0 amide bonds. The number of rotatable bonds is 4. The van der Waals surface area contributed by atoms with Crippen LogP contribution in [0, 0.1) is 0 Å². The second-order valence-electron chi connectivity index (χ2n) is 4.24. The quantitative estimate of drug-likeness (QED) is 0.564. The molecule has 1 saturated carbocycles. The lowest BCUT2D eigenvalue weighted by Crippen LogP contribution is -2.46. The molecule has 78 valence electrons. The molecule has 0 aromatic heterocycles. The van der Waals surface area contributed by atoms with Crippen molar-refractivity contribution in [3.63, 3.8) is 0 Å². The van der Waals surface area contributed by atoms with E-state index < -0.39 is 5.60 Å². The lowest BCUT2D eigenvalue weighted by Gasteiger charge is -2.34. The molecule has 1 aliphatic carbocycles. The van der Waals surface area contributed by atoms with Crippen molar-refractivity contribution in [2.75, 3.05) is 13.1 Å². The molecular weight excluding hydrogens is 164 g/mol. The lowest BCUT2D eigenvalue weighted by atomic mass is 9.82. The van der Waals surface area contributed by atoms with Crippen LogP contribution in [0.1, 0.15) is 39.0 Å². The molecule has 0 atom stereocenters.